The van der Waals surface area contributed by atoms with Gasteiger partial charge in [-0.25, -0.2) is 4.79 Å². The average molecular weight is 1030 g/mol. The van der Waals surface area contributed by atoms with E-state index in [9.17, 15) is 28.8 Å². The van der Waals surface area contributed by atoms with E-state index in [0.29, 0.717) is 29.9 Å². The number of esters is 4. The molecular weight excluding hydrogens is 929 g/mol. The van der Waals surface area contributed by atoms with E-state index in [1.807, 2.05) is 0 Å². The first-order valence-electron chi connectivity index (χ1n) is 28.4. The lowest BCUT2D eigenvalue weighted by atomic mass is 10.0. The van der Waals surface area contributed by atoms with Crippen molar-refractivity contribution in [3.63, 3.8) is 0 Å². The van der Waals surface area contributed by atoms with Crippen molar-refractivity contribution in [1.29, 1.82) is 0 Å². The Labute approximate surface area is 441 Å². The fraction of sp³-hybridized carbons (Fsp3) is 0.797. The topological polar surface area (TPSA) is 177 Å². The van der Waals surface area contributed by atoms with Crippen molar-refractivity contribution in [2.45, 2.75) is 284 Å². The zero-order chi connectivity index (χ0) is 53.5. The number of carbonyl (C=O) groups is 6. The molecule has 1 amide bonds. The number of unbranched alkanes of at least 4 members (excludes halogenated alkanes) is 24. The number of hydrogen-bond donors (Lipinski definition) is 2. The number of carbonyl (C=O) groups excluding carboxylic acids is 6. The number of nitrogens with two attached hydrogens (primary N) is 1. The van der Waals surface area contributed by atoms with Crippen LogP contribution in [0.1, 0.15) is 276 Å². The number of nitrogens with one attached hydrogen (secondary N) is 1. The maximum absolute atomic E-state index is 13.3. The van der Waals surface area contributed by atoms with E-state index in [-0.39, 0.29) is 49.2 Å². The quantitative estimate of drug-likeness (QED) is 0.0360. The first-order valence-corrected chi connectivity index (χ1v) is 29.6. The lowest BCUT2D eigenvalue weighted by Crippen LogP contribution is -2.44. The summed E-state index contributed by atoms with van der Waals surface area (Å²) in [6.07, 6.45) is 31.9. The highest BCUT2D eigenvalue weighted by molar-refractivity contribution is 7.99. The van der Waals surface area contributed by atoms with Gasteiger partial charge in [0.15, 0.2) is 5.78 Å². The van der Waals surface area contributed by atoms with Crippen molar-refractivity contribution in [3.8, 4) is 0 Å². The molecule has 3 unspecified atom stereocenters. The van der Waals surface area contributed by atoms with Crippen LogP contribution in [0.4, 0.5) is 0 Å². The summed E-state index contributed by atoms with van der Waals surface area (Å²) >= 11 is 1.44. The molecule has 0 radical (unpaired) electrons. The summed E-state index contributed by atoms with van der Waals surface area (Å²) in [7, 11) is 0. The molecule has 0 aliphatic carbocycles. The van der Waals surface area contributed by atoms with Crippen LogP contribution >= 0.6 is 11.8 Å². The molecule has 72 heavy (non-hydrogen) atoms. The van der Waals surface area contributed by atoms with Crippen molar-refractivity contribution in [3.05, 3.63) is 35.4 Å². The van der Waals surface area contributed by atoms with Crippen molar-refractivity contribution >= 4 is 47.3 Å². The minimum absolute atomic E-state index is 0.0155. The molecule has 0 fully saturated rings. The highest BCUT2D eigenvalue weighted by Crippen LogP contribution is 2.20. The van der Waals surface area contributed by atoms with Crippen molar-refractivity contribution in [2.24, 2.45) is 5.73 Å². The Kier molecular flexibility index (Phi) is 37.8. The van der Waals surface area contributed by atoms with Gasteiger partial charge in [0.05, 0.1) is 6.04 Å². The molecule has 0 bridgehead atoms. The van der Waals surface area contributed by atoms with Crippen LogP contribution in [-0.2, 0) is 42.9 Å². The van der Waals surface area contributed by atoms with Crippen LogP contribution in [0.25, 0.3) is 0 Å². The van der Waals surface area contributed by atoms with Gasteiger partial charge < -0.3 is 30.0 Å². The van der Waals surface area contributed by atoms with Crippen molar-refractivity contribution in [2.75, 3.05) is 18.1 Å². The van der Waals surface area contributed by atoms with E-state index in [4.69, 9.17) is 24.7 Å². The van der Waals surface area contributed by atoms with Crippen LogP contribution in [0.3, 0.4) is 0 Å². The first-order chi connectivity index (χ1) is 34.3. The molecule has 0 aromatic heterocycles. The molecule has 0 saturated heterocycles. The van der Waals surface area contributed by atoms with E-state index < -0.39 is 47.2 Å². The van der Waals surface area contributed by atoms with E-state index in [1.54, 1.807) is 53.7 Å². The number of thioether (sulfide) groups is 1. The number of hydrogen-bond acceptors (Lipinski definition) is 12. The van der Waals surface area contributed by atoms with E-state index in [2.05, 4.69) is 19.2 Å². The minimum atomic E-state index is -1.10. The summed E-state index contributed by atoms with van der Waals surface area (Å²) in [5, 5.41) is 2.69. The molecule has 0 aliphatic rings. The Morgan fingerprint density at radius 1 is 0.542 bits per heavy atom. The van der Waals surface area contributed by atoms with Gasteiger partial charge in [0.25, 0.3) is 5.91 Å². The second-order valence-electron chi connectivity index (χ2n) is 21.9. The van der Waals surface area contributed by atoms with Crippen LogP contribution in [0, 0.1) is 0 Å². The van der Waals surface area contributed by atoms with Crippen LogP contribution in [0.5, 0.6) is 0 Å². The molecule has 0 heterocycles. The fourth-order valence-corrected chi connectivity index (χ4v) is 9.22. The summed E-state index contributed by atoms with van der Waals surface area (Å²) < 4.78 is 22.4. The fourth-order valence-electron chi connectivity index (χ4n) is 8.28. The van der Waals surface area contributed by atoms with Gasteiger partial charge >= 0.3 is 23.9 Å². The normalized spacial score (nSPS) is 13.0. The predicted molar refractivity (Wildman–Crippen MR) is 294 cm³/mol. The van der Waals surface area contributed by atoms with Gasteiger partial charge in [-0.05, 0) is 78.5 Å². The number of ether oxygens (including phenoxy) is 4. The second-order valence-corrected chi connectivity index (χ2v) is 23.0. The molecular formula is C59H102N2O10S. The third-order valence-corrected chi connectivity index (χ3v) is 13.5. The second kappa shape index (κ2) is 40.9. The van der Waals surface area contributed by atoms with Gasteiger partial charge in [0.2, 0.25) is 0 Å². The zero-order valence-corrected chi connectivity index (χ0v) is 47.5. The van der Waals surface area contributed by atoms with Crippen LogP contribution in [0.15, 0.2) is 24.3 Å². The number of amides is 1. The smallest absolute Gasteiger partial charge is 0.329 e. The molecule has 1 rings (SSSR count). The monoisotopic (exact) mass is 1030 g/mol. The predicted octanol–water partition coefficient (Wildman–Crippen LogP) is 14.4. The molecule has 0 saturated carbocycles. The molecule has 0 aliphatic heterocycles. The molecule has 1 aromatic carbocycles. The molecule has 3 N–H and O–H groups in total. The number of ketones is 1. The van der Waals surface area contributed by atoms with Crippen molar-refractivity contribution < 1.29 is 47.7 Å². The van der Waals surface area contributed by atoms with Gasteiger partial charge in [0.1, 0.15) is 30.0 Å². The highest BCUT2D eigenvalue weighted by atomic mass is 32.2. The molecule has 1 aromatic rings. The Balaban J connectivity index is 2.68. The minimum Gasteiger partial charge on any atom is -0.462 e. The third kappa shape index (κ3) is 37.3. The van der Waals surface area contributed by atoms with E-state index in [1.165, 1.54) is 152 Å². The standard InChI is InChI=1S/C59H102N2O10S/c1-9-11-13-15-17-19-21-23-25-27-29-31-33-35-52(63)68-45-49(69-53(64)36-34-32-30-28-26-24-22-20-18-16-14-12-10-2)46-72-44-43-51(62)55(60)47-37-39-48(40-38-47)56(66)61-50(57(67)71-59(6,7)8)41-42-54(65)70-58(3,4)5/h37-40,49-50,55H,9-36,41-46,60H2,1-8H3,(H,61,66). The third-order valence-electron chi connectivity index (χ3n) is 12.4. The summed E-state index contributed by atoms with van der Waals surface area (Å²) in [4.78, 5) is 77.7. The van der Waals surface area contributed by atoms with E-state index in [0.717, 1.165) is 38.5 Å². The summed E-state index contributed by atoms with van der Waals surface area (Å²) in [5.74, 6) is -1.72. The molecule has 13 heteroatoms. The summed E-state index contributed by atoms with van der Waals surface area (Å²) in [6, 6.07) is 4.23. The van der Waals surface area contributed by atoms with Crippen molar-refractivity contribution in [1.82, 2.24) is 5.32 Å². The SMILES string of the molecule is CCCCCCCCCCCCCCCC(=O)OCC(CSCCC(=O)C(N)c1ccc(C(=O)NC(CCC(=O)OC(C)(C)C)C(=O)OC(C)(C)C)cc1)OC(=O)CCCCCCCCCCCCCCC. The largest absolute Gasteiger partial charge is 0.462 e. The zero-order valence-electron chi connectivity index (χ0n) is 46.7. The van der Waals surface area contributed by atoms with Gasteiger partial charge in [-0.15, -0.1) is 0 Å². The van der Waals surface area contributed by atoms with Gasteiger partial charge in [-0.2, -0.15) is 11.8 Å². The number of benzene rings is 1. The lowest BCUT2D eigenvalue weighted by Gasteiger charge is -2.25. The van der Waals surface area contributed by atoms with Gasteiger partial charge in [-0.3, -0.25) is 24.0 Å². The van der Waals surface area contributed by atoms with Gasteiger partial charge in [-0.1, -0.05) is 180 Å². The molecule has 414 valence electrons. The van der Waals surface area contributed by atoms with E-state index >= 15 is 0 Å². The molecule has 0 spiro atoms. The Morgan fingerprint density at radius 2 is 0.972 bits per heavy atom. The van der Waals surface area contributed by atoms with Crippen LogP contribution in [0.2, 0.25) is 0 Å². The highest BCUT2D eigenvalue weighted by Gasteiger charge is 2.29. The Hall–Kier alpha value is -3.45. The van der Waals surface area contributed by atoms with Gasteiger partial charge in [0, 0.05) is 42.8 Å². The Morgan fingerprint density at radius 3 is 1.42 bits per heavy atom. The Bertz CT molecular complexity index is 1620. The maximum atomic E-state index is 13.3. The number of rotatable bonds is 44. The average Bonchev–Trinajstić information content (AvgIpc) is 3.32. The number of Topliss-reactive ketones (excluding diaryl/α,β-unsaturated/α-hetero) is 1. The van der Waals surface area contributed by atoms with Crippen LogP contribution < -0.4 is 11.1 Å². The molecule has 3 atom stereocenters. The maximum Gasteiger partial charge on any atom is 0.329 e. The van der Waals surface area contributed by atoms with Crippen LogP contribution in [-0.4, -0.2) is 77.0 Å². The molecule has 12 nitrogen and oxygen atoms in total. The first kappa shape index (κ1) is 66.6. The summed E-state index contributed by atoms with van der Waals surface area (Å²) in [5.41, 5.74) is 5.63. The lowest BCUT2D eigenvalue weighted by molar-refractivity contribution is -0.158. The summed E-state index contributed by atoms with van der Waals surface area (Å²) in [6.45, 7) is 14.9.